The van der Waals surface area contributed by atoms with Crippen LogP contribution in [0.2, 0.25) is 0 Å². The number of rotatable bonds is 8. The molecule has 30 heavy (non-hydrogen) atoms. The van der Waals surface area contributed by atoms with E-state index in [-0.39, 0.29) is 5.56 Å². The molecule has 0 aromatic heterocycles. The first kappa shape index (κ1) is 23.1. The van der Waals surface area contributed by atoms with Crippen molar-refractivity contribution in [3.63, 3.8) is 0 Å². The maximum absolute atomic E-state index is 12.7. The number of aliphatic hydroxyl groups is 2. The minimum atomic E-state index is -4.50. The highest BCUT2D eigenvalue weighted by atomic mass is 32.2. The highest BCUT2D eigenvalue weighted by Gasteiger charge is 2.47. The molecule has 0 spiro atoms. The summed E-state index contributed by atoms with van der Waals surface area (Å²) in [6, 6.07) is 14.0. The van der Waals surface area contributed by atoms with Gasteiger partial charge in [-0.3, -0.25) is 4.79 Å². The van der Waals surface area contributed by atoms with Crippen molar-refractivity contribution in [2.75, 3.05) is 10.6 Å². The van der Waals surface area contributed by atoms with E-state index in [2.05, 4.69) is 17.2 Å². The lowest BCUT2D eigenvalue weighted by Gasteiger charge is -2.28. The minimum absolute atomic E-state index is 0.207. The highest BCUT2D eigenvalue weighted by molar-refractivity contribution is 7.92. The van der Waals surface area contributed by atoms with Gasteiger partial charge in [-0.2, -0.15) is 0 Å². The number of sulfone groups is 1. The SMILES string of the molecule is C=CC(c1ccc(NC(=O)Nc2ccccc2)cc1)S(=O)(=O)C(O)C(C)(O)C(N)=O. The average Bonchev–Trinajstić information content (AvgIpc) is 2.69. The van der Waals surface area contributed by atoms with Crippen LogP contribution in [0.1, 0.15) is 17.7 Å². The van der Waals surface area contributed by atoms with Gasteiger partial charge in [0, 0.05) is 11.4 Å². The van der Waals surface area contributed by atoms with Gasteiger partial charge in [0.05, 0.1) is 0 Å². The zero-order chi connectivity index (χ0) is 22.5. The molecular weight excluding hydrogens is 410 g/mol. The second-order valence-electron chi connectivity index (χ2n) is 6.68. The van der Waals surface area contributed by atoms with E-state index in [9.17, 15) is 28.2 Å². The van der Waals surface area contributed by atoms with E-state index in [4.69, 9.17) is 5.73 Å². The standard InChI is InChI=1S/C20H23N3O6S/c1-3-16(30(28,29)18(25)20(2,27)17(21)24)13-9-11-15(12-10-13)23-19(26)22-14-7-5-4-6-8-14/h3-12,16,18,25,27H,1H2,2H3,(H2,21,24)(H2,22,23,26). The van der Waals surface area contributed by atoms with Crippen molar-refractivity contribution in [3.05, 3.63) is 72.8 Å². The molecule has 9 nitrogen and oxygen atoms in total. The van der Waals surface area contributed by atoms with Gasteiger partial charge in [0.25, 0.3) is 5.91 Å². The summed E-state index contributed by atoms with van der Waals surface area (Å²) in [5.74, 6) is -1.38. The zero-order valence-electron chi connectivity index (χ0n) is 16.1. The fourth-order valence-electron chi connectivity index (χ4n) is 2.61. The van der Waals surface area contributed by atoms with E-state index in [1.807, 2.05) is 6.07 Å². The summed E-state index contributed by atoms with van der Waals surface area (Å²) in [5, 5.41) is 23.9. The molecule has 0 aliphatic heterocycles. The van der Waals surface area contributed by atoms with Crippen LogP contribution in [0.15, 0.2) is 67.3 Å². The van der Waals surface area contributed by atoms with Crippen LogP contribution in [0.25, 0.3) is 0 Å². The molecule has 6 N–H and O–H groups in total. The maximum atomic E-state index is 12.7. The smallest absolute Gasteiger partial charge is 0.323 e. The Kier molecular flexibility index (Phi) is 6.98. The number of nitrogens with two attached hydrogens (primary N) is 1. The van der Waals surface area contributed by atoms with Crippen molar-refractivity contribution in [3.8, 4) is 0 Å². The molecule has 3 unspecified atom stereocenters. The average molecular weight is 433 g/mol. The van der Waals surface area contributed by atoms with Crippen molar-refractivity contribution in [1.82, 2.24) is 0 Å². The molecular formula is C20H23N3O6S. The van der Waals surface area contributed by atoms with E-state index < -0.39 is 38.1 Å². The molecule has 0 radical (unpaired) electrons. The number of hydrogen-bond acceptors (Lipinski definition) is 6. The van der Waals surface area contributed by atoms with Crippen LogP contribution in [0.5, 0.6) is 0 Å². The van der Waals surface area contributed by atoms with Crippen LogP contribution in [-0.2, 0) is 14.6 Å². The van der Waals surface area contributed by atoms with E-state index in [0.29, 0.717) is 11.4 Å². The zero-order valence-corrected chi connectivity index (χ0v) is 17.0. The predicted octanol–water partition coefficient (Wildman–Crippen LogP) is 1.53. The molecule has 0 aliphatic rings. The minimum Gasteiger partial charge on any atom is -0.377 e. The summed E-state index contributed by atoms with van der Waals surface area (Å²) in [6.45, 7) is 4.28. The Bertz CT molecular complexity index is 1020. The fourth-order valence-corrected chi connectivity index (χ4v) is 4.45. The summed E-state index contributed by atoms with van der Waals surface area (Å²) in [4.78, 5) is 23.4. The number of hydrogen-bond donors (Lipinski definition) is 5. The molecule has 10 heteroatoms. The number of primary amides is 1. The number of para-hydroxylation sites is 1. The maximum Gasteiger partial charge on any atom is 0.323 e. The van der Waals surface area contributed by atoms with E-state index >= 15 is 0 Å². The summed E-state index contributed by atoms with van der Waals surface area (Å²) >= 11 is 0. The highest BCUT2D eigenvalue weighted by Crippen LogP contribution is 2.31. The Morgan fingerprint density at radius 1 is 1.07 bits per heavy atom. The van der Waals surface area contributed by atoms with E-state index in [1.54, 1.807) is 24.3 Å². The van der Waals surface area contributed by atoms with Crippen molar-refractivity contribution < 1.29 is 28.2 Å². The molecule has 3 atom stereocenters. The first-order valence-electron chi connectivity index (χ1n) is 8.78. The van der Waals surface area contributed by atoms with Gasteiger partial charge >= 0.3 is 6.03 Å². The predicted molar refractivity (Wildman–Crippen MR) is 113 cm³/mol. The molecule has 0 saturated carbocycles. The van der Waals surface area contributed by atoms with Gasteiger partial charge in [-0.25, -0.2) is 13.2 Å². The molecule has 2 aromatic rings. The molecule has 0 fully saturated rings. The summed E-state index contributed by atoms with van der Waals surface area (Å²) in [6.07, 6.45) is 1.06. The fraction of sp³-hybridized carbons (Fsp3) is 0.200. The topological polar surface area (TPSA) is 159 Å². The lowest BCUT2D eigenvalue weighted by atomic mass is 10.1. The van der Waals surface area contributed by atoms with Crippen molar-refractivity contribution >= 4 is 33.2 Å². The first-order chi connectivity index (χ1) is 14.0. The largest absolute Gasteiger partial charge is 0.377 e. The second-order valence-corrected chi connectivity index (χ2v) is 8.81. The van der Waals surface area contributed by atoms with Gasteiger partial charge in [0.1, 0.15) is 5.25 Å². The Hall–Kier alpha value is -3.21. The van der Waals surface area contributed by atoms with Gasteiger partial charge < -0.3 is 26.6 Å². The molecule has 0 bridgehead atoms. The van der Waals surface area contributed by atoms with Crippen LogP contribution in [0, 0.1) is 0 Å². The van der Waals surface area contributed by atoms with Gasteiger partial charge in [0.2, 0.25) is 0 Å². The third-order valence-electron chi connectivity index (χ3n) is 4.39. The van der Waals surface area contributed by atoms with Crippen LogP contribution in [0.3, 0.4) is 0 Å². The molecule has 0 heterocycles. The quantitative estimate of drug-likeness (QED) is 0.397. The van der Waals surface area contributed by atoms with Crippen LogP contribution >= 0.6 is 0 Å². The number of urea groups is 1. The summed E-state index contributed by atoms with van der Waals surface area (Å²) < 4.78 is 25.4. The Balaban J connectivity index is 2.17. The normalized spacial score (nSPS) is 15.3. The molecule has 2 rings (SSSR count). The number of amides is 3. The first-order valence-corrected chi connectivity index (χ1v) is 10.4. The van der Waals surface area contributed by atoms with Gasteiger partial charge in [-0.15, -0.1) is 6.58 Å². The lowest BCUT2D eigenvalue weighted by molar-refractivity contribution is -0.140. The molecule has 160 valence electrons. The van der Waals surface area contributed by atoms with Crippen molar-refractivity contribution in [2.24, 2.45) is 5.73 Å². The van der Waals surface area contributed by atoms with E-state index in [1.165, 1.54) is 24.3 Å². The van der Waals surface area contributed by atoms with Crippen LogP contribution in [0.4, 0.5) is 16.2 Å². The Morgan fingerprint density at radius 3 is 2.03 bits per heavy atom. The number of aliphatic hydroxyl groups excluding tert-OH is 1. The lowest BCUT2D eigenvalue weighted by Crippen LogP contribution is -2.54. The monoisotopic (exact) mass is 433 g/mol. The Labute approximate surface area is 174 Å². The summed E-state index contributed by atoms with van der Waals surface area (Å²) in [5.41, 5.74) is 1.03. The number of nitrogens with one attached hydrogen (secondary N) is 2. The van der Waals surface area contributed by atoms with Crippen LogP contribution < -0.4 is 16.4 Å². The van der Waals surface area contributed by atoms with Gasteiger partial charge in [-0.1, -0.05) is 36.4 Å². The second kappa shape index (κ2) is 9.08. The molecule has 2 aromatic carbocycles. The molecule has 0 saturated heterocycles. The molecule has 0 aliphatic carbocycles. The Morgan fingerprint density at radius 2 is 1.57 bits per heavy atom. The number of anilines is 2. The van der Waals surface area contributed by atoms with Crippen molar-refractivity contribution in [2.45, 2.75) is 23.2 Å². The van der Waals surface area contributed by atoms with Gasteiger partial charge in [-0.05, 0) is 36.8 Å². The van der Waals surface area contributed by atoms with Crippen molar-refractivity contribution in [1.29, 1.82) is 0 Å². The third kappa shape index (κ3) is 5.03. The van der Waals surface area contributed by atoms with Crippen LogP contribution in [-0.4, -0.2) is 41.6 Å². The summed E-state index contributed by atoms with van der Waals surface area (Å²) in [7, 11) is -4.50. The molecule has 3 amide bonds. The number of benzene rings is 2. The van der Waals surface area contributed by atoms with Gasteiger partial charge in [0.15, 0.2) is 20.9 Å². The van der Waals surface area contributed by atoms with E-state index in [0.717, 1.165) is 13.0 Å². The number of carbonyl (C=O) groups excluding carboxylic acids is 2. The number of carbonyl (C=O) groups is 2. The third-order valence-corrected chi connectivity index (χ3v) is 6.64.